The second-order valence-electron chi connectivity index (χ2n) is 5.67. The Kier molecular flexibility index (Phi) is 14.7. The lowest BCUT2D eigenvalue weighted by Crippen LogP contribution is -1.87. The highest BCUT2D eigenvalue weighted by Gasteiger charge is 2.05. The molecule has 1 unspecified atom stereocenters. The molecule has 27 heavy (non-hydrogen) atoms. The Hall–Kier alpha value is -2.34. The van der Waals surface area contributed by atoms with Crippen molar-refractivity contribution in [2.75, 3.05) is 0 Å². The molecule has 148 valence electrons. The van der Waals surface area contributed by atoms with Gasteiger partial charge in [-0.1, -0.05) is 134 Å². The molecule has 2 aromatic carbocycles. The second kappa shape index (κ2) is 14.8. The molecule has 0 amide bonds. The van der Waals surface area contributed by atoms with Gasteiger partial charge < -0.3 is 0 Å². The first-order chi connectivity index (χ1) is 12.2. The molecule has 0 saturated carbocycles. The van der Waals surface area contributed by atoms with Gasteiger partial charge in [0.05, 0.1) is 0 Å². The van der Waals surface area contributed by atoms with Crippen LogP contribution in [0.3, 0.4) is 0 Å². The molecule has 0 bridgehead atoms. The van der Waals surface area contributed by atoms with E-state index >= 15 is 0 Å². The first-order valence-electron chi connectivity index (χ1n) is 9.46. The van der Waals surface area contributed by atoms with E-state index in [0.29, 0.717) is 5.92 Å². The lowest BCUT2D eigenvalue weighted by atomic mass is 9.98. The van der Waals surface area contributed by atoms with Crippen molar-refractivity contribution in [1.29, 1.82) is 0 Å². The first kappa shape index (κ1) is 26.9. The molecule has 0 N–H and O–H groups in total. The SMILES string of the molecule is C.C.CC.CC.CC1=CC(C)C=C(c2ccc(-c3ccccc3)cc2)C=C1. The molecule has 0 heterocycles. The number of allylic oxidation sites excluding steroid dienone is 6. The van der Waals surface area contributed by atoms with Crippen LogP contribution in [-0.4, -0.2) is 0 Å². The number of benzene rings is 2. The molecule has 0 nitrogen and oxygen atoms in total. The fourth-order valence-electron chi connectivity index (χ4n) is 2.76. The molecule has 1 atom stereocenters. The summed E-state index contributed by atoms with van der Waals surface area (Å²) in [4.78, 5) is 0. The molecular formula is C27H40. The van der Waals surface area contributed by atoms with E-state index in [2.05, 4.69) is 92.7 Å². The van der Waals surface area contributed by atoms with E-state index in [4.69, 9.17) is 0 Å². The zero-order valence-corrected chi connectivity index (χ0v) is 16.6. The standard InChI is InChI=1S/C21H20.2C2H6.2CH4/c1-16-8-9-21(15-17(2)14-16)20-12-10-19(11-13-20)18-6-4-3-5-7-18;2*1-2;;/h3-15,17H,1-2H3;2*1-2H3;2*1H4. The van der Waals surface area contributed by atoms with Gasteiger partial charge in [0.1, 0.15) is 0 Å². The highest BCUT2D eigenvalue weighted by Crippen LogP contribution is 2.26. The van der Waals surface area contributed by atoms with Gasteiger partial charge >= 0.3 is 0 Å². The molecule has 3 rings (SSSR count). The Balaban J connectivity index is 0. The largest absolute Gasteiger partial charge is 0.0776 e. The van der Waals surface area contributed by atoms with Crippen molar-refractivity contribution in [3.63, 3.8) is 0 Å². The minimum Gasteiger partial charge on any atom is -0.0776 e. The van der Waals surface area contributed by atoms with Crippen LogP contribution >= 0.6 is 0 Å². The van der Waals surface area contributed by atoms with Crippen LogP contribution in [0.25, 0.3) is 16.7 Å². The molecule has 0 aliphatic heterocycles. The Bertz CT molecular complexity index is 697. The Morgan fingerprint density at radius 3 is 1.63 bits per heavy atom. The second-order valence-corrected chi connectivity index (χ2v) is 5.67. The molecule has 1 aliphatic carbocycles. The van der Waals surface area contributed by atoms with Crippen LogP contribution < -0.4 is 0 Å². The number of hydrogen-bond donors (Lipinski definition) is 0. The van der Waals surface area contributed by atoms with Crippen LogP contribution in [0.15, 0.2) is 84.5 Å². The highest BCUT2D eigenvalue weighted by atomic mass is 14.1. The minimum absolute atomic E-state index is 0. The van der Waals surface area contributed by atoms with Gasteiger partial charge in [-0.05, 0) is 35.1 Å². The Morgan fingerprint density at radius 2 is 1.07 bits per heavy atom. The Labute approximate surface area is 169 Å². The van der Waals surface area contributed by atoms with Crippen molar-refractivity contribution in [3.05, 3.63) is 90.0 Å². The third-order valence-electron chi connectivity index (χ3n) is 3.82. The zero-order valence-electron chi connectivity index (χ0n) is 16.6. The van der Waals surface area contributed by atoms with E-state index in [1.165, 1.54) is 27.8 Å². The smallest absolute Gasteiger partial charge is 0.00670 e. The monoisotopic (exact) mass is 364 g/mol. The van der Waals surface area contributed by atoms with Crippen LogP contribution in [0.4, 0.5) is 0 Å². The van der Waals surface area contributed by atoms with Crippen molar-refractivity contribution in [2.45, 2.75) is 56.4 Å². The van der Waals surface area contributed by atoms with Crippen molar-refractivity contribution in [1.82, 2.24) is 0 Å². The van der Waals surface area contributed by atoms with Crippen molar-refractivity contribution in [3.8, 4) is 11.1 Å². The molecule has 0 spiro atoms. The van der Waals surface area contributed by atoms with Gasteiger partial charge in [-0.3, -0.25) is 0 Å². The molecule has 1 aliphatic rings. The zero-order chi connectivity index (χ0) is 18.7. The summed E-state index contributed by atoms with van der Waals surface area (Å²) in [5.41, 5.74) is 6.44. The first-order valence-corrected chi connectivity index (χ1v) is 9.46. The highest BCUT2D eigenvalue weighted by molar-refractivity contribution is 5.77. The van der Waals surface area contributed by atoms with Crippen LogP contribution in [0.5, 0.6) is 0 Å². The summed E-state index contributed by atoms with van der Waals surface area (Å²) in [7, 11) is 0. The van der Waals surface area contributed by atoms with Gasteiger partial charge in [-0.2, -0.15) is 0 Å². The average molecular weight is 365 g/mol. The molecule has 0 heteroatoms. The molecule has 0 saturated heterocycles. The van der Waals surface area contributed by atoms with E-state index in [1.807, 2.05) is 27.7 Å². The van der Waals surface area contributed by atoms with E-state index in [-0.39, 0.29) is 14.9 Å². The van der Waals surface area contributed by atoms with Crippen molar-refractivity contribution in [2.24, 2.45) is 5.92 Å². The third kappa shape index (κ3) is 8.26. The summed E-state index contributed by atoms with van der Waals surface area (Å²) in [6.07, 6.45) is 9.03. The predicted molar refractivity (Wildman–Crippen MR) is 128 cm³/mol. The van der Waals surface area contributed by atoms with Gasteiger partial charge in [0.2, 0.25) is 0 Å². The maximum absolute atomic E-state index is 2.32. The van der Waals surface area contributed by atoms with Gasteiger partial charge in [0, 0.05) is 0 Å². The third-order valence-corrected chi connectivity index (χ3v) is 3.82. The fraction of sp³-hybridized carbons (Fsp3) is 0.333. The maximum Gasteiger partial charge on any atom is -0.00670 e. The van der Waals surface area contributed by atoms with Gasteiger partial charge in [0.25, 0.3) is 0 Å². The lowest BCUT2D eigenvalue weighted by Gasteiger charge is -2.07. The normalized spacial score (nSPS) is 14.4. The van der Waals surface area contributed by atoms with Crippen LogP contribution in [0, 0.1) is 5.92 Å². The quantitative estimate of drug-likeness (QED) is 0.498. The summed E-state index contributed by atoms with van der Waals surface area (Å²) < 4.78 is 0. The molecule has 2 aromatic rings. The summed E-state index contributed by atoms with van der Waals surface area (Å²) in [5.74, 6) is 0.476. The van der Waals surface area contributed by atoms with E-state index < -0.39 is 0 Å². The van der Waals surface area contributed by atoms with Crippen LogP contribution in [0.1, 0.15) is 62.0 Å². The van der Waals surface area contributed by atoms with Gasteiger partial charge in [-0.25, -0.2) is 0 Å². The van der Waals surface area contributed by atoms with E-state index in [9.17, 15) is 0 Å². The fourth-order valence-corrected chi connectivity index (χ4v) is 2.76. The van der Waals surface area contributed by atoms with Crippen LogP contribution in [0.2, 0.25) is 0 Å². The van der Waals surface area contributed by atoms with Gasteiger partial charge in [-0.15, -0.1) is 0 Å². The molecule has 0 fully saturated rings. The number of hydrogen-bond acceptors (Lipinski definition) is 0. The summed E-state index contributed by atoms with van der Waals surface area (Å²) >= 11 is 0. The maximum atomic E-state index is 2.32. The van der Waals surface area contributed by atoms with E-state index in [0.717, 1.165) is 0 Å². The lowest BCUT2D eigenvalue weighted by molar-refractivity contribution is 0.936. The van der Waals surface area contributed by atoms with Crippen molar-refractivity contribution >= 4 is 5.57 Å². The number of rotatable bonds is 2. The predicted octanol–water partition coefficient (Wildman–Crippen LogP) is 9.21. The summed E-state index contributed by atoms with van der Waals surface area (Å²) in [6.45, 7) is 12.4. The van der Waals surface area contributed by atoms with Crippen molar-refractivity contribution < 1.29 is 0 Å². The molecule has 0 aromatic heterocycles. The van der Waals surface area contributed by atoms with Gasteiger partial charge in [0.15, 0.2) is 0 Å². The average Bonchev–Trinajstić information content (AvgIpc) is 2.86. The Morgan fingerprint density at radius 1 is 0.593 bits per heavy atom. The molecule has 0 radical (unpaired) electrons. The summed E-state index contributed by atoms with van der Waals surface area (Å²) in [5, 5.41) is 0. The van der Waals surface area contributed by atoms with Crippen LogP contribution in [-0.2, 0) is 0 Å². The van der Waals surface area contributed by atoms with E-state index in [1.54, 1.807) is 0 Å². The summed E-state index contributed by atoms with van der Waals surface area (Å²) in [6, 6.07) is 19.3. The topological polar surface area (TPSA) is 0 Å². The molecular weight excluding hydrogens is 324 g/mol. The minimum atomic E-state index is 0.